The van der Waals surface area contributed by atoms with Crippen LogP contribution in [0, 0.1) is 6.92 Å². The summed E-state index contributed by atoms with van der Waals surface area (Å²) in [6.07, 6.45) is 2.68. The zero-order chi connectivity index (χ0) is 17.0. The van der Waals surface area contributed by atoms with Crippen molar-refractivity contribution in [2.24, 2.45) is 4.99 Å². The molecule has 2 N–H and O–H groups in total. The van der Waals surface area contributed by atoms with E-state index in [1.54, 1.807) is 0 Å². The lowest BCUT2D eigenvalue weighted by Gasteiger charge is -2.11. The maximum absolute atomic E-state index is 4.61. The van der Waals surface area contributed by atoms with E-state index in [1.165, 1.54) is 10.5 Å². The van der Waals surface area contributed by atoms with Gasteiger partial charge in [-0.2, -0.15) is 0 Å². The second-order valence-corrected chi connectivity index (χ2v) is 6.59. The fourth-order valence-corrected chi connectivity index (χ4v) is 2.91. The summed E-state index contributed by atoms with van der Waals surface area (Å²) >= 11 is 1.85. The van der Waals surface area contributed by atoms with E-state index in [9.17, 15) is 0 Å². The first-order chi connectivity index (χ1) is 11.8. The molecule has 0 spiro atoms. The lowest BCUT2D eigenvalue weighted by Crippen LogP contribution is -2.38. The average Bonchev–Trinajstić information content (AvgIpc) is 2.61. The van der Waals surface area contributed by atoms with Crippen molar-refractivity contribution < 1.29 is 0 Å². The molecular weight excluding hydrogens is 443 g/mol. The van der Waals surface area contributed by atoms with Crippen LogP contribution in [-0.2, 0) is 6.42 Å². The quantitative estimate of drug-likeness (QED) is 0.202. The molecule has 0 aliphatic heterocycles. The van der Waals surface area contributed by atoms with E-state index in [4.69, 9.17) is 0 Å². The van der Waals surface area contributed by atoms with E-state index in [0.717, 1.165) is 43.5 Å². The van der Waals surface area contributed by atoms with Crippen LogP contribution in [0.3, 0.4) is 0 Å². The van der Waals surface area contributed by atoms with Crippen molar-refractivity contribution in [1.29, 1.82) is 0 Å². The van der Waals surface area contributed by atoms with Crippen molar-refractivity contribution in [2.45, 2.75) is 25.2 Å². The van der Waals surface area contributed by atoms with Gasteiger partial charge in [0.15, 0.2) is 5.96 Å². The van der Waals surface area contributed by atoms with Gasteiger partial charge in [0.05, 0.1) is 0 Å². The van der Waals surface area contributed by atoms with Crippen LogP contribution >= 0.6 is 35.7 Å². The Morgan fingerprint density at radius 1 is 1.12 bits per heavy atom. The summed E-state index contributed by atoms with van der Waals surface area (Å²) in [4.78, 5) is 10.2. The first-order valence-electron chi connectivity index (χ1n) is 8.39. The molecule has 0 fully saturated rings. The molecule has 0 unspecified atom stereocenters. The molecule has 0 saturated heterocycles. The maximum Gasteiger partial charge on any atom is 0.191 e. The highest BCUT2D eigenvalue weighted by molar-refractivity contribution is 14.0. The number of aromatic nitrogens is 1. The number of nitrogens with zero attached hydrogens (tertiary/aromatic N) is 2. The minimum Gasteiger partial charge on any atom is -0.357 e. The molecule has 6 heteroatoms. The minimum atomic E-state index is 0. The van der Waals surface area contributed by atoms with Crippen molar-refractivity contribution in [3.05, 3.63) is 59.9 Å². The topological polar surface area (TPSA) is 49.3 Å². The normalized spacial score (nSPS) is 10.9. The van der Waals surface area contributed by atoms with Gasteiger partial charge >= 0.3 is 0 Å². The molecule has 1 aromatic heterocycles. The summed E-state index contributed by atoms with van der Waals surface area (Å²) < 4.78 is 0. The van der Waals surface area contributed by atoms with Gasteiger partial charge in [-0.05, 0) is 38.1 Å². The smallest absolute Gasteiger partial charge is 0.191 e. The molecular formula is C19H27IN4S. The predicted molar refractivity (Wildman–Crippen MR) is 119 cm³/mol. The molecule has 0 atom stereocenters. The van der Waals surface area contributed by atoms with E-state index < -0.39 is 0 Å². The van der Waals surface area contributed by atoms with Crippen LogP contribution in [0.25, 0.3) is 0 Å². The van der Waals surface area contributed by atoms with E-state index in [1.807, 2.05) is 36.2 Å². The van der Waals surface area contributed by atoms with Crippen LogP contribution in [0.4, 0.5) is 0 Å². The fraction of sp³-hybridized carbons (Fsp3) is 0.368. The number of nitrogens with one attached hydrogen (secondary N) is 2. The van der Waals surface area contributed by atoms with Crippen LogP contribution < -0.4 is 10.6 Å². The summed E-state index contributed by atoms with van der Waals surface area (Å²) in [5.41, 5.74) is 2.37. The molecule has 4 nitrogen and oxygen atoms in total. The van der Waals surface area contributed by atoms with Gasteiger partial charge in [-0.25, -0.2) is 0 Å². The summed E-state index contributed by atoms with van der Waals surface area (Å²) in [5, 5.41) is 6.67. The van der Waals surface area contributed by atoms with Crippen molar-refractivity contribution in [2.75, 3.05) is 25.4 Å². The van der Waals surface area contributed by atoms with Crippen molar-refractivity contribution >= 4 is 41.7 Å². The van der Waals surface area contributed by atoms with E-state index in [-0.39, 0.29) is 24.0 Å². The summed E-state index contributed by atoms with van der Waals surface area (Å²) in [5.74, 6) is 1.88. The monoisotopic (exact) mass is 470 g/mol. The summed E-state index contributed by atoms with van der Waals surface area (Å²) in [6, 6.07) is 14.6. The van der Waals surface area contributed by atoms with Gasteiger partial charge < -0.3 is 10.6 Å². The van der Waals surface area contributed by atoms with Crippen molar-refractivity contribution in [3.8, 4) is 0 Å². The number of thioether (sulfide) groups is 1. The highest BCUT2D eigenvalue weighted by Crippen LogP contribution is 2.17. The molecule has 0 bridgehead atoms. The van der Waals surface area contributed by atoms with Crippen LogP contribution in [0.2, 0.25) is 0 Å². The number of guanidine groups is 1. The third-order valence-electron chi connectivity index (χ3n) is 3.39. The first-order valence-corrected chi connectivity index (χ1v) is 9.38. The van der Waals surface area contributed by atoms with Crippen LogP contribution in [0.5, 0.6) is 0 Å². The Morgan fingerprint density at radius 2 is 1.92 bits per heavy atom. The Morgan fingerprint density at radius 3 is 2.60 bits per heavy atom. The number of rotatable bonds is 8. The number of pyridine rings is 1. The molecule has 0 amide bonds. The lowest BCUT2D eigenvalue weighted by atomic mass is 10.2. The molecule has 0 aliphatic carbocycles. The molecule has 1 heterocycles. The Bertz CT molecular complexity index is 617. The Balaban J connectivity index is 0.00000312. The molecule has 2 rings (SSSR count). The number of hydrogen-bond acceptors (Lipinski definition) is 3. The Labute approximate surface area is 172 Å². The van der Waals surface area contributed by atoms with E-state index in [2.05, 4.69) is 58.7 Å². The zero-order valence-electron chi connectivity index (χ0n) is 14.9. The minimum absolute atomic E-state index is 0. The van der Waals surface area contributed by atoms with Gasteiger partial charge in [0.2, 0.25) is 0 Å². The molecule has 136 valence electrons. The largest absolute Gasteiger partial charge is 0.357 e. The SMILES string of the molecule is CCNC(=NCCc1ccccn1)NCCSc1ccc(C)cc1.I. The second kappa shape index (κ2) is 13.0. The van der Waals surface area contributed by atoms with E-state index in [0.29, 0.717) is 0 Å². The standard InChI is InChI=1S/C19H26N4S.HI/c1-3-20-19(22-13-11-17-6-4-5-12-21-17)23-14-15-24-18-9-7-16(2)8-10-18;/h4-10,12H,3,11,13-15H2,1-2H3,(H2,20,22,23);1H. The van der Waals surface area contributed by atoms with Crippen molar-refractivity contribution in [1.82, 2.24) is 15.6 Å². The van der Waals surface area contributed by atoms with Crippen LogP contribution in [-0.4, -0.2) is 36.3 Å². The number of aliphatic imine (C=N–C) groups is 1. The molecule has 25 heavy (non-hydrogen) atoms. The molecule has 2 aromatic rings. The number of hydrogen-bond donors (Lipinski definition) is 2. The third-order valence-corrected chi connectivity index (χ3v) is 4.41. The number of halogens is 1. The summed E-state index contributed by atoms with van der Waals surface area (Å²) in [6.45, 7) is 6.67. The highest BCUT2D eigenvalue weighted by Gasteiger charge is 1.99. The average molecular weight is 470 g/mol. The van der Waals surface area contributed by atoms with Gasteiger partial charge in [0.1, 0.15) is 0 Å². The highest BCUT2D eigenvalue weighted by atomic mass is 127. The molecule has 0 radical (unpaired) electrons. The van der Waals surface area contributed by atoms with Crippen molar-refractivity contribution in [3.63, 3.8) is 0 Å². The Hall–Kier alpha value is -1.28. The van der Waals surface area contributed by atoms with E-state index >= 15 is 0 Å². The van der Waals surface area contributed by atoms with Gasteiger partial charge in [-0.3, -0.25) is 9.98 Å². The van der Waals surface area contributed by atoms with Crippen LogP contribution in [0.15, 0.2) is 58.5 Å². The second-order valence-electron chi connectivity index (χ2n) is 5.42. The summed E-state index contributed by atoms with van der Waals surface area (Å²) in [7, 11) is 0. The predicted octanol–water partition coefficient (Wildman–Crippen LogP) is 3.90. The van der Waals surface area contributed by atoms with Gasteiger partial charge in [0.25, 0.3) is 0 Å². The van der Waals surface area contributed by atoms with Gasteiger partial charge in [0, 0.05) is 48.6 Å². The third kappa shape index (κ3) is 9.11. The number of benzene rings is 1. The number of aryl methyl sites for hydroxylation is 1. The fourth-order valence-electron chi connectivity index (χ4n) is 2.14. The molecule has 0 saturated carbocycles. The maximum atomic E-state index is 4.61. The van der Waals surface area contributed by atoms with Gasteiger partial charge in [-0.15, -0.1) is 35.7 Å². The molecule has 0 aliphatic rings. The first kappa shape index (κ1) is 21.8. The lowest BCUT2D eigenvalue weighted by molar-refractivity contribution is 0.830. The van der Waals surface area contributed by atoms with Crippen LogP contribution in [0.1, 0.15) is 18.2 Å². The molecule has 1 aromatic carbocycles. The Kier molecular flexibility index (Phi) is 11.3. The zero-order valence-corrected chi connectivity index (χ0v) is 18.0. The van der Waals surface area contributed by atoms with Gasteiger partial charge in [-0.1, -0.05) is 23.8 Å².